The molecule has 0 aromatic heterocycles. The smallest absolute Gasteiger partial charge is 0.0518 e. The van der Waals surface area contributed by atoms with E-state index in [4.69, 9.17) is 22.1 Å². The zero-order chi connectivity index (χ0) is 14.6. The molecule has 0 radical (unpaired) electrons. The van der Waals surface area contributed by atoms with Gasteiger partial charge in [-0.3, -0.25) is 0 Å². The van der Waals surface area contributed by atoms with Crippen molar-refractivity contribution in [2.45, 2.75) is 63.5 Å². The lowest BCUT2D eigenvalue weighted by atomic mass is 9.59. The predicted molar refractivity (Wildman–Crippen MR) is 85.3 cm³/mol. The van der Waals surface area contributed by atoms with Gasteiger partial charge in [0.1, 0.15) is 0 Å². The Bertz CT molecular complexity index is 412. The second-order valence-corrected chi connectivity index (χ2v) is 6.62. The highest BCUT2D eigenvalue weighted by Gasteiger charge is 2.43. The van der Waals surface area contributed by atoms with Crippen molar-refractivity contribution in [1.29, 1.82) is 0 Å². The van der Waals surface area contributed by atoms with E-state index in [0.29, 0.717) is 6.10 Å². The van der Waals surface area contributed by atoms with Crippen LogP contribution in [0.2, 0.25) is 5.02 Å². The van der Waals surface area contributed by atoms with Crippen molar-refractivity contribution in [3.8, 4) is 0 Å². The first kappa shape index (κ1) is 15.8. The summed E-state index contributed by atoms with van der Waals surface area (Å²) in [7, 11) is 0. The lowest BCUT2D eigenvalue weighted by Crippen LogP contribution is -2.50. The third-order valence-electron chi connectivity index (χ3n) is 4.49. The number of ether oxygens (including phenoxy) is 1. The summed E-state index contributed by atoms with van der Waals surface area (Å²) in [5.74, 6) is 0. The number of rotatable bonds is 7. The van der Waals surface area contributed by atoms with Gasteiger partial charge < -0.3 is 10.5 Å². The van der Waals surface area contributed by atoms with E-state index in [-0.39, 0.29) is 11.5 Å². The second kappa shape index (κ2) is 6.93. The Kier molecular flexibility index (Phi) is 5.48. The number of benzene rings is 1. The van der Waals surface area contributed by atoms with E-state index in [1.54, 1.807) is 0 Å². The summed E-state index contributed by atoms with van der Waals surface area (Å²) >= 11 is 5.99. The molecule has 2 N–H and O–H groups in total. The van der Waals surface area contributed by atoms with Crippen LogP contribution in [-0.4, -0.2) is 18.8 Å². The van der Waals surface area contributed by atoms with Crippen LogP contribution < -0.4 is 5.73 Å². The molecular formula is C17H26ClNO. The van der Waals surface area contributed by atoms with E-state index in [1.807, 2.05) is 12.1 Å². The average Bonchev–Trinajstić information content (AvgIpc) is 2.35. The topological polar surface area (TPSA) is 35.2 Å². The van der Waals surface area contributed by atoms with Gasteiger partial charge in [-0.25, -0.2) is 0 Å². The molecule has 0 saturated heterocycles. The first-order valence-corrected chi connectivity index (χ1v) is 8.05. The van der Waals surface area contributed by atoms with Crippen LogP contribution in [0.4, 0.5) is 0 Å². The van der Waals surface area contributed by atoms with E-state index in [2.05, 4.69) is 26.0 Å². The van der Waals surface area contributed by atoms with Crippen molar-refractivity contribution in [1.82, 2.24) is 0 Å². The van der Waals surface area contributed by atoms with Crippen LogP contribution in [0.1, 0.15) is 51.5 Å². The molecule has 1 aliphatic rings. The molecule has 1 atom stereocenters. The molecule has 0 amide bonds. The quantitative estimate of drug-likeness (QED) is 0.761. The Labute approximate surface area is 127 Å². The first-order valence-electron chi connectivity index (χ1n) is 7.68. The number of nitrogens with two attached hydrogens (primary N) is 1. The fourth-order valence-corrected chi connectivity index (χ4v) is 3.24. The molecule has 112 valence electrons. The molecule has 20 heavy (non-hydrogen) atoms. The van der Waals surface area contributed by atoms with Gasteiger partial charge in [0.15, 0.2) is 0 Å². The highest BCUT2D eigenvalue weighted by atomic mass is 35.5. The summed E-state index contributed by atoms with van der Waals surface area (Å²) in [5.41, 5.74) is 8.03. The predicted octanol–water partition coefficient (Wildman–Crippen LogP) is 4.29. The van der Waals surface area contributed by atoms with Crippen molar-refractivity contribution < 1.29 is 4.74 Å². The van der Waals surface area contributed by atoms with Crippen LogP contribution in [0, 0.1) is 0 Å². The van der Waals surface area contributed by atoms with E-state index < -0.39 is 0 Å². The van der Waals surface area contributed by atoms with E-state index in [0.717, 1.165) is 24.5 Å². The maximum Gasteiger partial charge on any atom is 0.0518 e. The fourth-order valence-electron chi connectivity index (χ4n) is 3.11. The maximum atomic E-state index is 6.51. The molecule has 0 aliphatic heterocycles. The molecule has 0 spiro atoms. The molecular weight excluding hydrogens is 270 g/mol. The highest BCUT2D eigenvalue weighted by Crippen LogP contribution is 2.47. The summed E-state index contributed by atoms with van der Waals surface area (Å²) in [6.07, 6.45) is 6.03. The van der Waals surface area contributed by atoms with Crippen LogP contribution >= 0.6 is 11.6 Å². The summed E-state index contributed by atoms with van der Waals surface area (Å²) in [6, 6.07) is 8.46. The molecule has 3 heteroatoms. The van der Waals surface area contributed by atoms with Crippen LogP contribution in [0.3, 0.4) is 0 Å². The molecule has 0 heterocycles. The average molecular weight is 296 g/mol. The molecule has 1 aromatic rings. The second-order valence-electron chi connectivity index (χ2n) is 6.18. The Morgan fingerprint density at radius 3 is 2.40 bits per heavy atom. The van der Waals surface area contributed by atoms with Gasteiger partial charge in [-0.05, 0) is 57.2 Å². The lowest BCUT2D eigenvalue weighted by Gasteiger charge is -2.47. The van der Waals surface area contributed by atoms with Crippen LogP contribution in [0.25, 0.3) is 0 Å². The first-order chi connectivity index (χ1) is 9.54. The van der Waals surface area contributed by atoms with Gasteiger partial charge in [0.05, 0.1) is 6.10 Å². The monoisotopic (exact) mass is 295 g/mol. The number of hydrogen-bond acceptors (Lipinski definition) is 2. The Hall–Kier alpha value is -0.570. The van der Waals surface area contributed by atoms with Crippen LogP contribution in [-0.2, 0) is 10.2 Å². The molecule has 1 saturated carbocycles. The minimum atomic E-state index is 0.169. The van der Waals surface area contributed by atoms with Gasteiger partial charge in [0.2, 0.25) is 0 Å². The SMILES string of the molecule is CC(C)OCCCC(N)C1(c2ccc(Cl)cc2)CCC1. The summed E-state index contributed by atoms with van der Waals surface area (Å²) < 4.78 is 5.60. The zero-order valence-corrected chi connectivity index (χ0v) is 13.3. The van der Waals surface area contributed by atoms with E-state index >= 15 is 0 Å². The van der Waals surface area contributed by atoms with Gasteiger partial charge in [-0.2, -0.15) is 0 Å². The summed E-state index contributed by atoms with van der Waals surface area (Å²) in [6.45, 7) is 4.95. The normalized spacial score (nSPS) is 18.9. The third kappa shape index (κ3) is 3.55. The lowest BCUT2D eigenvalue weighted by molar-refractivity contribution is 0.0711. The molecule has 0 bridgehead atoms. The van der Waals surface area contributed by atoms with Crippen LogP contribution in [0.15, 0.2) is 24.3 Å². The summed E-state index contributed by atoms with van der Waals surface area (Å²) in [5, 5.41) is 0.794. The van der Waals surface area contributed by atoms with Gasteiger partial charge in [0, 0.05) is 23.1 Å². The van der Waals surface area contributed by atoms with Crippen molar-refractivity contribution in [3.05, 3.63) is 34.9 Å². The molecule has 1 unspecified atom stereocenters. The van der Waals surface area contributed by atoms with Crippen LogP contribution in [0.5, 0.6) is 0 Å². The van der Waals surface area contributed by atoms with Crippen molar-refractivity contribution in [2.24, 2.45) is 5.73 Å². The number of halogens is 1. The zero-order valence-electron chi connectivity index (χ0n) is 12.6. The van der Waals surface area contributed by atoms with Crippen molar-refractivity contribution >= 4 is 11.6 Å². The summed E-state index contributed by atoms with van der Waals surface area (Å²) in [4.78, 5) is 0. The molecule has 2 nitrogen and oxygen atoms in total. The molecule has 2 rings (SSSR count). The molecule has 1 aromatic carbocycles. The van der Waals surface area contributed by atoms with Gasteiger partial charge in [-0.1, -0.05) is 30.2 Å². The standard InChI is InChI=1S/C17H26ClNO/c1-13(2)20-12-3-5-16(19)17(10-4-11-17)14-6-8-15(18)9-7-14/h6-9,13,16H,3-5,10-12,19H2,1-2H3. The minimum absolute atomic E-state index is 0.169. The van der Waals surface area contributed by atoms with Crippen molar-refractivity contribution in [2.75, 3.05) is 6.61 Å². The number of hydrogen-bond donors (Lipinski definition) is 1. The van der Waals surface area contributed by atoms with E-state index in [1.165, 1.54) is 24.8 Å². The largest absolute Gasteiger partial charge is 0.379 e. The molecule has 1 aliphatic carbocycles. The maximum absolute atomic E-state index is 6.51. The van der Waals surface area contributed by atoms with Crippen molar-refractivity contribution in [3.63, 3.8) is 0 Å². The van der Waals surface area contributed by atoms with E-state index in [9.17, 15) is 0 Å². The third-order valence-corrected chi connectivity index (χ3v) is 4.74. The fraction of sp³-hybridized carbons (Fsp3) is 0.647. The Morgan fingerprint density at radius 2 is 1.90 bits per heavy atom. The molecule has 1 fully saturated rings. The Morgan fingerprint density at radius 1 is 1.25 bits per heavy atom. The Balaban J connectivity index is 1.94. The van der Waals surface area contributed by atoms with Gasteiger partial charge in [0.25, 0.3) is 0 Å². The highest BCUT2D eigenvalue weighted by molar-refractivity contribution is 6.30. The minimum Gasteiger partial charge on any atom is -0.379 e. The van der Waals surface area contributed by atoms with Gasteiger partial charge >= 0.3 is 0 Å². The van der Waals surface area contributed by atoms with Gasteiger partial charge in [-0.15, -0.1) is 0 Å².